The average molecular weight is 1020 g/mol. The van der Waals surface area contributed by atoms with Gasteiger partial charge in [-0.1, -0.05) is 50.3 Å². The first kappa shape index (κ1) is 42.3. The van der Waals surface area contributed by atoms with Crippen LogP contribution in [0.3, 0.4) is 0 Å². The number of hydrogen-bond acceptors (Lipinski definition) is 0. The predicted molar refractivity (Wildman–Crippen MR) is 273 cm³/mol. The standard InChI is InChI=1S/C62H55P.Os/c1-8-20-43-29-33-52-53-34-30-46(39-58(53)61(4,5)57(52)37-43)47-31-35-54-55-36-32-48(41-60(55)62(6,7)59(54)40-47)56(38-45-22-19-21-44(45)9-2)42(3)63(49-23-13-10-14-24-49,50-25-15-11-16-26-50)51-27-17-12-18-28-51;/h8-18,20,23-41H,19,21-22H2,1-2,4-7H3;/q+1;/b20-8+,44-9?,45-38?,56-42?;. The summed E-state index contributed by atoms with van der Waals surface area (Å²) in [6, 6.07) is 62.6. The normalized spacial score (nSPS) is 17.2. The summed E-state index contributed by atoms with van der Waals surface area (Å²) in [6.07, 6.45) is 12.6. The summed E-state index contributed by atoms with van der Waals surface area (Å²) >= 11 is 1.88. The first-order chi connectivity index (χ1) is 31.1. The van der Waals surface area contributed by atoms with Gasteiger partial charge in [0.1, 0.15) is 0 Å². The molecule has 7 aromatic rings. The van der Waals surface area contributed by atoms with Gasteiger partial charge >= 0.3 is 304 Å². The molecule has 315 valence electrons. The summed E-state index contributed by atoms with van der Waals surface area (Å²) in [5.74, 6) is 0. The van der Waals surface area contributed by atoms with Gasteiger partial charge in [-0.3, -0.25) is 0 Å². The molecule has 0 saturated heterocycles. The van der Waals surface area contributed by atoms with E-state index < -0.39 is 7.26 Å². The average Bonchev–Trinajstić information content (AvgIpc) is 3.95. The van der Waals surface area contributed by atoms with E-state index in [9.17, 15) is 0 Å². The zero-order valence-corrected chi connectivity index (χ0v) is 41.3. The van der Waals surface area contributed by atoms with Crippen molar-refractivity contribution in [1.82, 2.24) is 0 Å². The van der Waals surface area contributed by atoms with Crippen LogP contribution in [0.25, 0.3) is 45.0 Å². The fraction of sp³-hybridized carbons (Fsp3) is 0.177. The molecule has 3 aliphatic carbocycles. The number of rotatable bonds is 8. The summed E-state index contributed by atoms with van der Waals surface area (Å²) < 4.78 is 4.00. The summed E-state index contributed by atoms with van der Waals surface area (Å²) in [4.78, 5) is 0. The van der Waals surface area contributed by atoms with Crippen LogP contribution in [0.15, 0.2) is 198 Å². The fourth-order valence-corrected chi connectivity index (χ4v) is 17.0. The maximum atomic E-state index is 4.00. The third kappa shape index (κ3) is 6.80. The van der Waals surface area contributed by atoms with Crippen LogP contribution in [0, 0.1) is 4.37 Å². The topological polar surface area (TPSA) is 0 Å². The molecular weight excluding hydrogens is 966 g/mol. The maximum absolute atomic E-state index is 4.00. The van der Waals surface area contributed by atoms with E-state index in [1.165, 1.54) is 111 Å². The molecule has 0 spiro atoms. The van der Waals surface area contributed by atoms with Gasteiger partial charge in [-0.05, 0) is 34.7 Å². The van der Waals surface area contributed by atoms with Gasteiger partial charge < -0.3 is 0 Å². The Balaban J connectivity index is 1.14. The van der Waals surface area contributed by atoms with Crippen molar-refractivity contribution >= 4 is 34.8 Å². The molecule has 0 aromatic heterocycles. The van der Waals surface area contributed by atoms with Crippen LogP contribution in [0.2, 0.25) is 0 Å². The Morgan fingerprint density at radius 3 is 1.47 bits per heavy atom. The third-order valence-corrected chi connectivity index (χ3v) is 19.8. The zero-order chi connectivity index (χ0) is 44.2. The first-order valence-electron chi connectivity index (χ1n) is 22.9. The summed E-state index contributed by atoms with van der Waals surface area (Å²) in [5, 5.41) is 5.32. The van der Waals surface area contributed by atoms with Gasteiger partial charge in [0.15, 0.2) is 0 Å². The zero-order valence-electron chi connectivity index (χ0n) is 37.8. The monoisotopic (exact) mass is 1020 g/mol. The molecule has 0 amide bonds. The summed E-state index contributed by atoms with van der Waals surface area (Å²) in [7, 11) is -2.45. The molecule has 0 radical (unpaired) electrons. The molecule has 0 aliphatic heterocycles. The van der Waals surface area contributed by atoms with Gasteiger partial charge in [0.25, 0.3) is 0 Å². The van der Waals surface area contributed by atoms with Gasteiger partial charge in [-0.25, -0.2) is 0 Å². The molecule has 7 aromatic carbocycles. The Bertz CT molecular complexity index is 3040. The van der Waals surface area contributed by atoms with Crippen LogP contribution in [-0.2, 0) is 28.8 Å². The van der Waals surface area contributed by atoms with Crippen molar-refractivity contribution in [3.05, 3.63) is 232 Å². The van der Waals surface area contributed by atoms with Crippen molar-refractivity contribution in [2.75, 3.05) is 0 Å². The van der Waals surface area contributed by atoms with Crippen molar-refractivity contribution in [2.24, 2.45) is 0 Å². The van der Waals surface area contributed by atoms with E-state index in [1.54, 1.807) is 0 Å². The van der Waals surface area contributed by atoms with Crippen molar-refractivity contribution in [2.45, 2.75) is 71.6 Å². The quantitative estimate of drug-likeness (QED) is 0.133. The minimum atomic E-state index is -2.45. The Hall–Kier alpha value is -5.65. The summed E-state index contributed by atoms with van der Waals surface area (Å²) in [5.41, 5.74) is 20.0. The molecule has 1 saturated carbocycles. The van der Waals surface area contributed by atoms with E-state index in [-0.39, 0.29) is 10.8 Å². The Morgan fingerprint density at radius 1 is 0.531 bits per heavy atom. The molecule has 0 nitrogen and oxygen atoms in total. The second-order valence-electron chi connectivity index (χ2n) is 18.7. The summed E-state index contributed by atoms with van der Waals surface area (Å²) in [6.45, 7) is 13.9. The molecule has 0 heterocycles. The van der Waals surface area contributed by atoms with E-state index in [1.807, 2.05) is 17.9 Å². The second-order valence-corrected chi connectivity index (χ2v) is 22.7. The molecule has 0 unspecified atom stereocenters. The van der Waals surface area contributed by atoms with Crippen LogP contribution in [0.5, 0.6) is 0 Å². The molecule has 10 rings (SSSR count). The van der Waals surface area contributed by atoms with E-state index in [2.05, 4.69) is 234 Å². The number of hydrogen-bond donors (Lipinski definition) is 0. The van der Waals surface area contributed by atoms with Gasteiger partial charge in [0.05, 0.1) is 0 Å². The third-order valence-electron chi connectivity index (χ3n) is 14.5. The fourth-order valence-electron chi connectivity index (χ4n) is 11.1. The van der Waals surface area contributed by atoms with Crippen molar-refractivity contribution < 1.29 is 17.9 Å². The number of benzene rings is 7. The van der Waals surface area contributed by atoms with E-state index >= 15 is 0 Å². The van der Waals surface area contributed by atoms with Gasteiger partial charge in [-0.15, -0.1) is 0 Å². The number of fused-ring (bicyclic) bond motifs is 6. The molecule has 0 atom stereocenters. The minimum absolute atomic E-state index is 0.0816. The Labute approximate surface area is 391 Å². The molecule has 1 fully saturated rings. The molecule has 2 heteroatoms. The molecular formula is C62H55OsP+. The predicted octanol–water partition coefficient (Wildman–Crippen LogP) is 15.3. The van der Waals surface area contributed by atoms with Crippen molar-refractivity contribution in [3.8, 4) is 37.8 Å². The van der Waals surface area contributed by atoms with E-state index in [0.29, 0.717) is 0 Å². The van der Waals surface area contributed by atoms with Crippen molar-refractivity contribution in [3.63, 3.8) is 0 Å². The Kier molecular flexibility index (Phi) is 11.1. The van der Waals surface area contributed by atoms with Crippen LogP contribution < -0.4 is 15.9 Å². The van der Waals surface area contributed by atoms with Gasteiger partial charge in [0.2, 0.25) is 0 Å². The van der Waals surface area contributed by atoms with Crippen LogP contribution in [0.4, 0.5) is 0 Å². The van der Waals surface area contributed by atoms with E-state index in [0.717, 1.165) is 12.8 Å². The van der Waals surface area contributed by atoms with Crippen LogP contribution in [-0.4, -0.2) is 0 Å². The molecule has 3 aliphatic rings. The Morgan fingerprint density at radius 2 is 0.984 bits per heavy atom. The molecule has 64 heavy (non-hydrogen) atoms. The number of allylic oxidation sites excluding steroid dienone is 7. The molecule has 0 N–H and O–H groups in total. The second kappa shape index (κ2) is 16.7. The van der Waals surface area contributed by atoms with E-state index in [4.69, 9.17) is 0 Å². The molecule has 0 bridgehead atoms. The van der Waals surface area contributed by atoms with Gasteiger partial charge in [0, 0.05) is 5.41 Å². The van der Waals surface area contributed by atoms with Crippen LogP contribution >= 0.6 is 7.26 Å². The van der Waals surface area contributed by atoms with Gasteiger partial charge in [-0.2, -0.15) is 0 Å². The van der Waals surface area contributed by atoms with Crippen LogP contribution in [0.1, 0.15) is 94.2 Å². The SMILES string of the molecule is CC=C1CCCC1=CC(=C([C]#[Os])[P+](c1ccccc1)(c1ccccc1)c1ccccc1)c1ccc2c(c1)C(C)(C)c1cc(-c3ccc4c(c3)C(C)(C)c3cc(/C=C/C)ccc3-4)ccc1-2. The van der Waals surface area contributed by atoms with Crippen molar-refractivity contribution in [1.29, 1.82) is 0 Å². The first-order valence-corrected chi connectivity index (χ1v) is 25.9.